The van der Waals surface area contributed by atoms with E-state index in [2.05, 4.69) is 30.6 Å². The minimum Gasteiger partial charge on any atom is -0.339 e. The second-order valence-corrected chi connectivity index (χ2v) is 5.63. The average Bonchev–Trinajstić information content (AvgIpc) is 2.83. The molecule has 1 fully saturated rings. The van der Waals surface area contributed by atoms with Crippen molar-refractivity contribution >= 4 is 5.91 Å². The fourth-order valence-corrected chi connectivity index (χ4v) is 2.51. The van der Waals surface area contributed by atoms with Crippen LogP contribution < -0.4 is 5.32 Å². The molecular weight excluding hydrogens is 224 g/mol. The fraction of sp³-hybridized carbons (Fsp3) is 0.800. The van der Waals surface area contributed by atoms with Crippen molar-refractivity contribution in [3.8, 4) is 0 Å². The van der Waals surface area contributed by atoms with Crippen LogP contribution in [0.3, 0.4) is 0 Å². The third-order valence-electron chi connectivity index (χ3n) is 3.60. The van der Waals surface area contributed by atoms with Gasteiger partial charge in [-0.2, -0.15) is 0 Å². The van der Waals surface area contributed by atoms with E-state index in [4.69, 9.17) is 0 Å². The topological polar surface area (TPSA) is 32.3 Å². The van der Waals surface area contributed by atoms with Crippen molar-refractivity contribution in [3.05, 3.63) is 12.7 Å². The maximum Gasteiger partial charge on any atom is 0.236 e. The monoisotopic (exact) mass is 252 g/mol. The van der Waals surface area contributed by atoms with Crippen molar-refractivity contribution in [2.45, 2.75) is 52.0 Å². The minimum absolute atomic E-state index is 0.254. The zero-order valence-corrected chi connectivity index (χ0v) is 12.0. The Morgan fingerprint density at radius 2 is 2.11 bits per heavy atom. The molecule has 0 bridgehead atoms. The Morgan fingerprint density at radius 1 is 1.44 bits per heavy atom. The van der Waals surface area contributed by atoms with Gasteiger partial charge in [-0.15, -0.1) is 6.58 Å². The molecule has 1 rings (SSSR count). The first-order chi connectivity index (χ1) is 8.65. The molecule has 0 saturated heterocycles. The largest absolute Gasteiger partial charge is 0.339 e. The number of carbonyl (C=O) groups is 1. The Hall–Kier alpha value is -0.830. The number of nitrogens with one attached hydrogen (secondary N) is 1. The highest BCUT2D eigenvalue weighted by Crippen LogP contribution is 2.24. The van der Waals surface area contributed by atoms with Gasteiger partial charge in [-0.1, -0.05) is 32.8 Å². The van der Waals surface area contributed by atoms with Gasteiger partial charge in [-0.05, 0) is 25.2 Å². The molecule has 104 valence electrons. The van der Waals surface area contributed by atoms with Gasteiger partial charge in [0, 0.05) is 19.1 Å². The first-order valence-corrected chi connectivity index (χ1v) is 7.26. The number of rotatable bonds is 8. The molecule has 0 aromatic heterocycles. The summed E-state index contributed by atoms with van der Waals surface area (Å²) in [7, 11) is 0. The Labute approximate surface area is 112 Å². The van der Waals surface area contributed by atoms with Crippen LogP contribution in [0.4, 0.5) is 0 Å². The summed E-state index contributed by atoms with van der Waals surface area (Å²) < 4.78 is 0. The maximum atomic E-state index is 12.2. The second-order valence-electron chi connectivity index (χ2n) is 5.63. The summed E-state index contributed by atoms with van der Waals surface area (Å²) in [6, 6.07) is 0.488. The van der Waals surface area contributed by atoms with Crippen molar-refractivity contribution in [3.63, 3.8) is 0 Å². The van der Waals surface area contributed by atoms with Gasteiger partial charge in [0.05, 0.1) is 6.54 Å². The molecule has 0 spiro atoms. The third kappa shape index (κ3) is 5.21. The van der Waals surface area contributed by atoms with Crippen LogP contribution in [0.5, 0.6) is 0 Å². The van der Waals surface area contributed by atoms with Crippen LogP contribution >= 0.6 is 0 Å². The lowest BCUT2D eigenvalue weighted by Gasteiger charge is -2.30. The summed E-state index contributed by atoms with van der Waals surface area (Å²) >= 11 is 0. The molecule has 0 heterocycles. The summed E-state index contributed by atoms with van der Waals surface area (Å²) in [4.78, 5) is 14.4. The lowest BCUT2D eigenvalue weighted by Crippen LogP contribution is -2.44. The van der Waals surface area contributed by atoms with Crippen LogP contribution in [0.2, 0.25) is 0 Å². The summed E-state index contributed by atoms with van der Waals surface area (Å²) in [5, 5.41) is 3.12. The van der Waals surface area contributed by atoms with E-state index in [0.29, 0.717) is 25.0 Å². The highest BCUT2D eigenvalue weighted by atomic mass is 16.2. The molecule has 1 aliphatic carbocycles. The van der Waals surface area contributed by atoms with Crippen LogP contribution in [0.15, 0.2) is 12.7 Å². The van der Waals surface area contributed by atoms with Crippen molar-refractivity contribution in [2.24, 2.45) is 5.92 Å². The molecule has 0 aliphatic heterocycles. The Morgan fingerprint density at radius 3 is 2.67 bits per heavy atom. The predicted octanol–water partition coefficient (Wildman–Crippen LogP) is 2.58. The first-order valence-electron chi connectivity index (χ1n) is 7.26. The highest BCUT2D eigenvalue weighted by Gasteiger charge is 2.25. The molecular formula is C15H28N2O. The third-order valence-corrected chi connectivity index (χ3v) is 3.60. The number of amides is 1. The van der Waals surface area contributed by atoms with E-state index in [-0.39, 0.29) is 5.91 Å². The van der Waals surface area contributed by atoms with Crippen LogP contribution in [0.25, 0.3) is 0 Å². The van der Waals surface area contributed by atoms with Crippen LogP contribution in [-0.2, 0) is 4.79 Å². The van der Waals surface area contributed by atoms with Gasteiger partial charge in [-0.3, -0.25) is 4.79 Å². The van der Waals surface area contributed by atoms with Crippen molar-refractivity contribution < 1.29 is 4.79 Å². The molecule has 3 heteroatoms. The van der Waals surface area contributed by atoms with Crippen LogP contribution in [-0.4, -0.2) is 36.5 Å². The standard InChI is InChI=1S/C15H28N2O/c1-4-10-16-12-15(18)17(11-9-13(2)3)14-7-5-6-8-14/h4,13-14,16H,1,5-12H2,2-3H3. The van der Waals surface area contributed by atoms with Crippen molar-refractivity contribution in [2.75, 3.05) is 19.6 Å². The molecule has 0 radical (unpaired) electrons. The van der Waals surface area contributed by atoms with Gasteiger partial charge in [0.2, 0.25) is 5.91 Å². The first kappa shape index (κ1) is 15.2. The number of hydrogen-bond acceptors (Lipinski definition) is 2. The predicted molar refractivity (Wildman–Crippen MR) is 76.5 cm³/mol. The molecule has 0 atom stereocenters. The van der Waals surface area contributed by atoms with Crippen LogP contribution in [0, 0.1) is 5.92 Å². The molecule has 18 heavy (non-hydrogen) atoms. The number of nitrogens with zero attached hydrogens (tertiary/aromatic N) is 1. The second kappa shape index (κ2) is 8.30. The smallest absolute Gasteiger partial charge is 0.236 e. The van der Waals surface area contributed by atoms with E-state index in [1.807, 2.05) is 0 Å². The van der Waals surface area contributed by atoms with Gasteiger partial charge in [0.25, 0.3) is 0 Å². The normalized spacial score (nSPS) is 16.2. The Balaban J connectivity index is 2.46. The molecule has 0 aromatic carbocycles. The molecule has 1 aliphatic rings. The molecule has 1 N–H and O–H groups in total. The highest BCUT2D eigenvalue weighted by molar-refractivity contribution is 5.78. The van der Waals surface area contributed by atoms with Crippen molar-refractivity contribution in [1.29, 1.82) is 0 Å². The van der Waals surface area contributed by atoms with E-state index in [1.165, 1.54) is 25.7 Å². The van der Waals surface area contributed by atoms with E-state index < -0.39 is 0 Å². The lowest BCUT2D eigenvalue weighted by atomic mass is 10.1. The van der Waals surface area contributed by atoms with E-state index in [1.54, 1.807) is 6.08 Å². The van der Waals surface area contributed by atoms with Gasteiger partial charge >= 0.3 is 0 Å². The zero-order valence-electron chi connectivity index (χ0n) is 12.0. The van der Waals surface area contributed by atoms with Crippen LogP contribution in [0.1, 0.15) is 46.0 Å². The van der Waals surface area contributed by atoms with E-state index in [9.17, 15) is 4.79 Å². The lowest BCUT2D eigenvalue weighted by molar-refractivity contribution is -0.132. The van der Waals surface area contributed by atoms with E-state index >= 15 is 0 Å². The summed E-state index contributed by atoms with van der Waals surface area (Å²) in [5.41, 5.74) is 0. The fourth-order valence-electron chi connectivity index (χ4n) is 2.51. The van der Waals surface area contributed by atoms with Crippen molar-refractivity contribution in [1.82, 2.24) is 10.2 Å². The Kier molecular flexibility index (Phi) is 7.02. The molecule has 0 unspecified atom stereocenters. The van der Waals surface area contributed by atoms with E-state index in [0.717, 1.165) is 13.0 Å². The van der Waals surface area contributed by atoms with Gasteiger partial charge in [0.1, 0.15) is 0 Å². The zero-order chi connectivity index (χ0) is 13.4. The summed E-state index contributed by atoms with van der Waals surface area (Å²) in [6.07, 6.45) is 7.81. The maximum absolute atomic E-state index is 12.2. The SMILES string of the molecule is C=CCNCC(=O)N(CCC(C)C)C1CCCC1. The van der Waals surface area contributed by atoms with Gasteiger partial charge in [-0.25, -0.2) is 0 Å². The molecule has 1 saturated carbocycles. The molecule has 0 aromatic rings. The average molecular weight is 252 g/mol. The van der Waals surface area contributed by atoms with Gasteiger partial charge < -0.3 is 10.2 Å². The molecule has 3 nitrogen and oxygen atoms in total. The quantitative estimate of drug-likeness (QED) is 0.532. The Bertz CT molecular complexity index is 257. The summed E-state index contributed by atoms with van der Waals surface area (Å²) in [5.74, 6) is 0.909. The number of hydrogen-bond donors (Lipinski definition) is 1. The number of carbonyl (C=O) groups excluding carboxylic acids is 1. The molecule has 1 amide bonds. The minimum atomic E-state index is 0.254. The summed E-state index contributed by atoms with van der Waals surface area (Å²) in [6.45, 7) is 10.1. The van der Waals surface area contributed by atoms with Gasteiger partial charge in [0.15, 0.2) is 0 Å².